The molecule has 3 N–H and O–H groups in total. The number of hydrogen-bond donors (Lipinski definition) is 3. The number of phosphoric acid groups is 2. The summed E-state index contributed by atoms with van der Waals surface area (Å²) in [6, 6.07) is 0. The van der Waals surface area contributed by atoms with E-state index in [1.165, 1.54) is 225 Å². The van der Waals surface area contributed by atoms with Crippen LogP contribution in [-0.2, 0) is 65.4 Å². The number of aliphatic hydroxyl groups excluding tert-OH is 1. The van der Waals surface area contributed by atoms with Gasteiger partial charge in [-0.15, -0.1) is 0 Å². The van der Waals surface area contributed by atoms with E-state index in [-0.39, 0.29) is 25.7 Å². The van der Waals surface area contributed by atoms with Crippen molar-refractivity contribution in [3.8, 4) is 0 Å². The molecule has 0 aromatic heterocycles. The fourth-order valence-electron chi connectivity index (χ4n) is 12.0. The number of unbranched alkanes of at least 4 members (excludes halogenated alkanes) is 47. The summed E-state index contributed by atoms with van der Waals surface area (Å²) in [5.74, 6) is -0.580. The molecule has 0 fully saturated rings. The molecule has 0 heterocycles. The van der Waals surface area contributed by atoms with E-state index in [4.69, 9.17) is 37.0 Å². The molecule has 0 bridgehead atoms. The Bertz CT molecular complexity index is 1870. The normalized spacial score (nSPS) is 14.0. The van der Waals surface area contributed by atoms with Crippen LogP contribution >= 0.6 is 15.6 Å². The highest BCUT2D eigenvalue weighted by Gasteiger charge is 2.30. The second-order valence-electron chi connectivity index (χ2n) is 29.1. The van der Waals surface area contributed by atoms with Crippen LogP contribution in [0.5, 0.6) is 0 Å². The van der Waals surface area contributed by atoms with Crippen LogP contribution in [0.1, 0.15) is 408 Å². The van der Waals surface area contributed by atoms with Crippen molar-refractivity contribution in [2.75, 3.05) is 39.6 Å². The number of esters is 4. The maximum Gasteiger partial charge on any atom is 0.472 e. The standard InChI is InChI=1S/C78H152O17P2/c1-7-9-11-13-15-17-19-20-21-22-23-27-31-37-43-49-55-61-76(81)89-66-73(94-77(82)62-56-50-44-38-32-28-25-24-26-30-34-40-46-52-58-70(3)4)68-92-96(84,85)90-64-72(79)65-91-97(86,87)93-69-74(67-88-75(80)60-54-48-42-36-29-18-16-14-12-10-8-2)95-78(83)63-57-51-45-39-33-35-41-47-53-59-71(5)6/h70-74,79H,7-69H2,1-6H3,(H,84,85)(H,86,87)/t72-,73-,74-/m1/s1. The third-order valence-corrected chi connectivity index (χ3v) is 20.1. The van der Waals surface area contributed by atoms with Gasteiger partial charge >= 0.3 is 39.5 Å². The minimum Gasteiger partial charge on any atom is -0.462 e. The van der Waals surface area contributed by atoms with Gasteiger partial charge < -0.3 is 33.8 Å². The van der Waals surface area contributed by atoms with Crippen LogP contribution in [0.4, 0.5) is 0 Å². The highest BCUT2D eigenvalue weighted by molar-refractivity contribution is 7.47. The van der Waals surface area contributed by atoms with Crippen LogP contribution in [0.15, 0.2) is 0 Å². The van der Waals surface area contributed by atoms with Crippen LogP contribution in [0, 0.1) is 11.8 Å². The highest BCUT2D eigenvalue weighted by Crippen LogP contribution is 2.45. The summed E-state index contributed by atoms with van der Waals surface area (Å²) in [7, 11) is -9.91. The smallest absolute Gasteiger partial charge is 0.462 e. The largest absolute Gasteiger partial charge is 0.472 e. The topological polar surface area (TPSA) is 237 Å². The zero-order valence-corrected chi connectivity index (χ0v) is 65.2. The molecule has 0 radical (unpaired) electrons. The van der Waals surface area contributed by atoms with Crippen LogP contribution in [-0.4, -0.2) is 96.7 Å². The molecule has 0 aliphatic carbocycles. The van der Waals surface area contributed by atoms with E-state index in [0.29, 0.717) is 25.7 Å². The lowest BCUT2D eigenvalue weighted by atomic mass is 10.0. The first-order chi connectivity index (χ1) is 46.9. The molecule has 19 heteroatoms. The molecule has 0 spiro atoms. The average molecular weight is 1420 g/mol. The average Bonchev–Trinajstić information content (AvgIpc) is 1.02. The first kappa shape index (κ1) is 95.1. The molecule has 0 rings (SSSR count). The SMILES string of the molecule is CCCCCCCCCCCCCCCCCCCC(=O)OC[C@H](COP(=O)(O)OC[C@@H](O)COP(=O)(O)OC[C@@H](COC(=O)CCCCCCCCCCCCC)OC(=O)CCCCCCCCCCCC(C)C)OC(=O)CCCCCCCCCCCCCCCCC(C)C. The van der Waals surface area contributed by atoms with Gasteiger partial charge in [0.1, 0.15) is 19.3 Å². The van der Waals surface area contributed by atoms with E-state index >= 15 is 0 Å². The second-order valence-corrected chi connectivity index (χ2v) is 32.0. The van der Waals surface area contributed by atoms with E-state index in [2.05, 4.69) is 41.5 Å². The Hall–Kier alpha value is -1.94. The van der Waals surface area contributed by atoms with Crippen LogP contribution in [0.3, 0.4) is 0 Å². The van der Waals surface area contributed by atoms with Gasteiger partial charge in [-0.3, -0.25) is 37.3 Å². The van der Waals surface area contributed by atoms with Crippen molar-refractivity contribution in [3.05, 3.63) is 0 Å². The molecule has 0 amide bonds. The van der Waals surface area contributed by atoms with Crippen LogP contribution < -0.4 is 0 Å². The Kier molecular flexibility index (Phi) is 68.4. The predicted molar refractivity (Wildman–Crippen MR) is 395 cm³/mol. The van der Waals surface area contributed by atoms with Gasteiger partial charge in [0.25, 0.3) is 0 Å². The van der Waals surface area contributed by atoms with Crippen molar-refractivity contribution >= 4 is 39.5 Å². The van der Waals surface area contributed by atoms with Gasteiger partial charge in [0.15, 0.2) is 12.2 Å². The zero-order chi connectivity index (χ0) is 71.4. The van der Waals surface area contributed by atoms with Gasteiger partial charge in [-0.05, 0) is 37.5 Å². The second kappa shape index (κ2) is 69.8. The van der Waals surface area contributed by atoms with E-state index in [9.17, 15) is 43.2 Å². The molecule has 0 aliphatic rings. The van der Waals surface area contributed by atoms with E-state index in [0.717, 1.165) is 102 Å². The Labute approximate surface area is 594 Å². The Morgan fingerprint density at radius 2 is 0.474 bits per heavy atom. The molecule has 576 valence electrons. The number of phosphoric ester groups is 2. The lowest BCUT2D eigenvalue weighted by Gasteiger charge is -2.21. The number of hydrogen-bond acceptors (Lipinski definition) is 15. The summed E-state index contributed by atoms with van der Waals surface area (Å²) >= 11 is 0. The van der Waals surface area contributed by atoms with Gasteiger partial charge in [0.2, 0.25) is 0 Å². The zero-order valence-electron chi connectivity index (χ0n) is 63.4. The number of ether oxygens (including phenoxy) is 4. The first-order valence-corrected chi connectivity index (χ1v) is 43.5. The molecule has 0 saturated heterocycles. The lowest BCUT2D eigenvalue weighted by Crippen LogP contribution is -2.30. The van der Waals surface area contributed by atoms with E-state index < -0.39 is 97.5 Å². The maximum absolute atomic E-state index is 13.1. The summed E-state index contributed by atoms with van der Waals surface area (Å²) in [6.45, 7) is 9.61. The number of carbonyl (C=O) groups excluding carboxylic acids is 4. The minimum atomic E-state index is -4.96. The van der Waals surface area contributed by atoms with Crippen LogP contribution in [0.2, 0.25) is 0 Å². The first-order valence-electron chi connectivity index (χ1n) is 40.5. The number of aliphatic hydroxyl groups is 1. The molecule has 17 nitrogen and oxygen atoms in total. The molecule has 0 aromatic carbocycles. The molecule has 97 heavy (non-hydrogen) atoms. The highest BCUT2D eigenvalue weighted by atomic mass is 31.2. The minimum absolute atomic E-state index is 0.106. The van der Waals surface area contributed by atoms with Crippen molar-refractivity contribution < 1.29 is 80.2 Å². The van der Waals surface area contributed by atoms with Gasteiger partial charge in [-0.25, -0.2) is 9.13 Å². The predicted octanol–water partition coefficient (Wildman–Crippen LogP) is 23.1. The van der Waals surface area contributed by atoms with Gasteiger partial charge in [0.05, 0.1) is 26.4 Å². The fraction of sp³-hybridized carbons (Fsp3) is 0.949. The quantitative estimate of drug-likeness (QED) is 0.0222. The van der Waals surface area contributed by atoms with Crippen molar-refractivity contribution in [1.29, 1.82) is 0 Å². The van der Waals surface area contributed by atoms with Gasteiger partial charge in [-0.2, -0.15) is 0 Å². The van der Waals surface area contributed by atoms with Gasteiger partial charge in [-0.1, -0.05) is 356 Å². The Morgan fingerprint density at radius 3 is 0.701 bits per heavy atom. The van der Waals surface area contributed by atoms with Crippen molar-refractivity contribution in [2.45, 2.75) is 426 Å². The Morgan fingerprint density at radius 1 is 0.278 bits per heavy atom. The third kappa shape index (κ3) is 72.2. The number of carbonyl (C=O) groups is 4. The molecule has 5 atom stereocenters. The summed E-state index contributed by atoms with van der Waals surface area (Å²) in [4.78, 5) is 72.9. The summed E-state index contributed by atoms with van der Waals surface area (Å²) in [6.07, 6.45) is 58.2. The monoisotopic (exact) mass is 1420 g/mol. The molecule has 0 aliphatic heterocycles. The summed E-state index contributed by atoms with van der Waals surface area (Å²) in [5.41, 5.74) is 0. The lowest BCUT2D eigenvalue weighted by molar-refractivity contribution is -0.161. The molecular formula is C78H152O17P2. The van der Waals surface area contributed by atoms with E-state index in [1.807, 2.05) is 0 Å². The maximum atomic E-state index is 13.1. The summed E-state index contributed by atoms with van der Waals surface area (Å²) in [5, 5.41) is 10.6. The number of rotatable bonds is 77. The van der Waals surface area contributed by atoms with E-state index in [1.54, 1.807) is 0 Å². The molecule has 0 saturated carbocycles. The van der Waals surface area contributed by atoms with Crippen LogP contribution in [0.25, 0.3) is 0 Å². The molecular weight excluding hydrogens is 1270 g/mol. The van der Waals surface area contributed by atoms with Gasteiger partial charge in [0, 0.05) is 25.7 Å². The summed E-state index contributed by atoms with van der Waals surface area (Å²) < 4.78 is 68.6. The third-order valence-electron chi connectivity index (χ3n) is 18.2. The molecule has 0 aromatic rings. The van der Waals surface area contributed by atoms with Crippen molar-refractivity contribution in [2.24, 2.45) is 11.8 Å². The van der Waals surface area contributed by atoms with Crippen molar-refractivity contribution in [1.82, 2.24) is 0 Å². The fourth-order valence-corrected chi connectivity index (χ4v) is 13.6. The van der Waals surface area contributed by atoms with Crippen molar-refractivity contribution in [3.63, 3.8) is 0 Å². The Balaban J connectivity index is 5.24. The molecule has 2 unspecified atom stereocenters.